The van der Waals surface area contributed by atoms with E-state index in [-0.39, 0.29) is 5.41 Å². The summed E-state index contributed by atoms with van der Waals surface area (Å²) in [6, 6.07) is 50.7. The van der Waals surface area contributed by atoms with E-state index in [1.165, 1.54) is 33.4 Å². The Morgan fingerprint density at radius 2 is 1.38 bits per heavy atom. The zero-order valence-electron chi connectivity index (χ0n) is 30.3. The van der Waals surface area contributed by atoms with Crippen molar-refractivity contribution < 1.29 is 0 Å². The second-order valence-corrected chi connectivity index (χ2v) is 14.0. The van der Waals surface area contributed by atoms with Crippen LogP contribution in [-0.2, 0) is 5.41 Å². The third kappa shape index (κ3) is 6.00. The molecule has 256 valence electrons. The molecule has 0 aliphatic heterocycles. The molecular formula is C50H41N3. The van der Waals surface area contributed by atoms with Gasteiger partial charge in [-0.1, -0.05) is 148 Å². The van der Waals surface area contributed by atoms with Gasteiger partial charge in [-0.25, -0.2) is 0 Å². The van der Waals surface area contributed by atoms with Crippen LogP contribution in [0.3, 0.4) is 0 Å². The highest BCUT2D eigenvalue weighted by molar-refractivity contribution is 6.17. The third-order valence-electron chi connectivity index (χ3n) is 10.5. The highest BCUT2D eigenvalue weighted by Gasteiger charge is 2.37. The van der Waals surface area contributed by atoms with Gasteiger partial charge >= 0.3 is 0 Å². The van der Waals surface area contributed by atoms with E-state index in [1.54, 1.807) is 0 Å². The first-order valence-electron chi connectivity index (χ1n) is 18.1. The van der Waals surface area contributed by atoms with Crippen molar-refractivity contribution in [2.45, 2.75) is 26.2 Å². The van der Waals surface area contributed by atoms with Crippen molar-refractivity contribution in [1.29, 1.82) is 5.41 Å². The zero-order chi connectivity index (χ0) is 36.5. The molecule has 0 atom stereocenters. The normalized spacial score (nSPS) is 15.5. The summed E-state index contributed by atoms with van der Waals surface area (Å²) in [5, 5.41) is 11.2. The lowest BCUT2D eigenvalue weighted by atomic mass is 9.81. The van der Waals surface area contributed by atoms with E-state index < -0.39 is 0 Å². The van der Waals surface area contributed by atoms with Gasteiger partial charge in [0.2, 0.25) is 0 Å². The smallest absolute Gasteiger partial charge is 0.0723 e. The highest BCUT2D eigenvalue weighted by Crippen LogP contribution is 2.50. The fourth-order valence-electron chi connectivity index (χ4n) is 7.94. The van der Waals surface area contributed by atoms with Gasteiger partial charge in [-0.05, 0) is 88.4 Å². The lowest BCUT2D eigenvalue weighted by Gasteiger charge is -2.22. The number of fused-ring (bicyclic) bond motifs is 4. The summed E-state index contributed by atoms with van der Waals surface area (Å²) in [4.78, 5) is 5.11. The molecule has 1 aliphatic rings. The Hall–Kier alpha value is -6.58. The first-order valence-corrected chi connectivity index (χ1v) is 18.1. The fraction of sp³-hybridized carbons (Fsp3) is 0.0800. The van der Waals surface area contributed by atoms with Crippen molar-refractivity contribution in [3.05, 3.63) is 210 Å². The highest BCUT2D eigenvalue weighted by atomic mass is 15.0. The summed E-state index contributed by atoms with van der Waals surface area (Å²) >= 11 is 0. The van der Waals surface area contributed by atoms with Gasteiger partial charge in [0.25, 0.3) is 0 Å². The van der Waals surface area contributed by atoms with E-state index in [0.29, 0.717) is 5.71 Å². The van der Waals surface area contributed by atoms with Crippen molar-refractivity contribution in [3.63, 3.8) is 0 Å². The van der Waals surface area contributed by atoms with Crippen LogP contribution in [0.2, 0.25) is 0 Å². The molecule has 0 bridgehead atoms. The van der Waals surface area contributed by atoms with Crippen molar-refractivity contribution in [3.8, 4) is 16.8 Å². The van der Waals surface area contributed by atoms with Gasteiger partial charge < -0.3 is 9.98 Å². The average Bonchev–Trinajstić information content (AvgIpc) is 3.64. The molecule has 8 rings (SSSR count). The molecule has 1 heterocycles. The van der Waals surface area contributed by atoms with Crippen LogP contribution >= 0.6 is 0 Å². The molecule has 0 unspecified atom stereocenters. The predicted molar refractivity (Wildman–Crippen MR) is 226 cm³/mol. The van der Waals surface area contributed by atoms with Crippen molar-refractivity contribution in [2.24, 2.45) is 4.99 Å². The number of aliphatic imine (C=N–C) groups is 1. The van der Waals surface area contributed by atoms with Gasteiger partial charge in [-0.2, -0.15) is 0 Å². The van der Waals surface area contributed by atoms with Crippen LogP contribution < -0.4 is 0 Å². The summed E-state index contributed by atoms with van der Waals surface area (Å²) in [5.74, 6) is 0. The maximum absolute atomic E-state index is 8.90. The van der Waals surface area contributed by atoms with E-state index in [1.807, 2.05) is 79.0 Å². The van der Waals surface area contributed by atoms with E-state index in [4.69, 9.17) is 10.4 Å². The minimum atomic E-state index is -0.118. The second-order valence-electron chi connectivity index (χ2n) is 14.0. The molecule has 0 radical (unpaired) electrons. The Morgan fingerprint density at radius 1 is 0.717 bits per heavy atom. The van der Waals surface area contributed by atoms with E-state index in [2.05, 4.69) is 129 Å². The number of para-hydroxylation sites is 1. The van der Waals surface area contributed by atoms with Crippen LogP contribution in [0.1, 0.15) is 48.6 Å². The first-order chi connectivity index (χ1) is 25.9. The maximum Gasteiger partial charge on any atom is 0.0723 e. The Bertz CT molecular complexity index is 2650. The molecule has 0 saturated carbocycles. The van der Waals surface area contributed by atoms with Crippen LogP contribution in [-0.4, -0.2) is 16.5 Å². The van der Waals surface area contributed by atoms with Gasteiger partial charge in [0, 0.05) is 39.2 Å². The molecule has 7 aromatic rings. The number of hydrogen-bond acceptors (Lipinski definition) is 2. The number of hydrogen-bond donors (Lipinski definition) is 1. The van der Waals surface area contributed by atoms with Crippen LogP contribution in [0.4, 0.5) is 0 Å². The summed E-state index contributed by atoms with van der Waals surface area (Å²) in [6.45, 7) is 10.8. The minimum Gasteiger partial charge on any atom is -0.309 e. The Morgan fingerprint density at radius 3 is 2.08 bits per heavy atom. The van der Waals surface area contributed by atoms with Gasteiger partial charge in [0.05, 0.1) is 22.4 Å². The first kappa shape index (κ1) is 33.6. The van der Waals surface area contributed by atoms with E-state index in [0.717, 1.165) is 49.9 Å². The maximum atomic E-state index is 8.90. The van der Waals surface area contributed by atoms with Crippen molar-refractivity contribution >= 4 is 45.0 Å². The Labute approximate surface area is 311 Å². The van der Waals surface area contributed by atoms with Crippen LogP contribution in [0, 0.1) is 5.41 Å². The zero-order valence-corrected chi connectivity index (χ0v) is 30.3. The topological polar surface area (TPSA) is 41.1 Å². The number of benzene rings is 6. The predicted octanol–water partition coefficient (Wildman–Crippen LogP) is 12.8. The molecule has 1 aliphatic carbocycles. The fourth-order valence-corrected chi connectivity index (χ4v) is 7.94. The average molecular weight is 684 g/mol. The SMILES string of the molecule is C=C/C=C1\C(=C/C)C(C)(C)c2cc(-c3ccc4c(c3)c3c(C=N/C(=C\C(=N)c5ccccc5)c5ccccc5)cccc3n4-c3ccccc3)ccc21. The Balaban J connectivity index is 1.31. The molecule has 0 spiro atoms. The Kier molecular flexibility index (Phi) is 8.77. The molecule has 3 heteroatoms. The monoisotopic (exact) mass is 683 g/mol. The molecule has 0 fully saturated rings. The number of nitrogens with one attached hydrogen (secondary N) is 1. The summed E-state index contributed by atoms with van der Waals surface area (Å²) in [6.07, 6.45) is 10.1. The third-order valence-corrected chi connectivity index (χ3v) is 10.5. The summed E-state index contributed by atoms with van der Waals surface area (Å²) in [7, 11) is 0. The summed E-state index contributed by atoms with van der Waals surface area (Å²) < 4.78 is 2.35. The van der Waals surface area contributed by atoms with Gasteiger partial charge in [-0.15, -0.1) is 0 Å². The molecule has 53 heavy (non-hydrogen) atoms. The second kappa shape index (κ2) is 13.9. The van der Waals surface area contributed by atoms with Gasteiger partial charge in [0.1, 0.15) is 0 Å². The van der Waals surface area contributed by atoms with Crippen molar-refractivity contribution in [2.75, 3.05) is 0 Å². The lowest BCUT2D eigenvalue weighted by molar-refractivity contribution is 0.660. The summed E-state index contributed by atoms with van der Waals surface area (Å²) in [5.41, 5.74) is 14.7. The standard InChI is InChI=1S/C50H41N3/c1-5-17-40-41-28-26-37(31-44(41)50(3,4)43(40)6-2)36-27-29-47-42(30-36)49-38(22-16-25-48(49)53(47)39-23-14-9-15-24-39)33-52-46(35-20-12-8-13-21-35)32-45(51)34-18-10-7-11-19-34/h5-33,51H,1H2,2-4H3/b40-17-,43-6+,46-32-,51-45?,52-33?. The molecule has 0 amide bonds. The minimum absolute atomic E-state index is 0.118. The van der Waals surface area contributed by atoms with Gasteiger partial charge in [-0.3, -0.25) is 4.99 Å². The van der Waals surface area contributed by atoms with Crippen LogP contribution in [0.5, 0.6) is 0 Å². The molecule has 3 nitrogen and oxygen atoms in total. The molecule has 1 aromatic heterocycles. The largest absolute Gasteiger partial charge is 0.309 e. The van der Waals surface area contributed by atoms with Crippen LogP contribution in [0.15, 0.2) is 187 Å². The quantitative estimate of drug-likeness (QED) is 0.155. The van der Waals surface area contributed by atoms with E-state index >= 15 is 0 Å². The number of aromatic nitrogens is 1. The molecule has 0 saturated heterocycles. The number of allylic oxidation sites excluding steroid dienone is 6. The molecular weight excluding hydrogens is 643 g/mol. The van der Waals surface area contributed by atoms with Gasteiger partial charge in [0.15, 0.2) is 0 Å². The molecule has 6 aromatic carbocycles. The van der Waals surface area contributed by atoms with Crippen molar-refractivity contribution in [1.82, 2.24) is 4.57 Å². The number of nitrogens with zero attached hydrogens (tertiary/aromatic N) is 2. The van der Waals surface area contributed by atoms with E-state index in [9.17, 15) is 0 Å². The lowest BCUT2D eigenvalue weighted by Crippen LogP contribution is -2.15. The number of rotatable bonds is 8. The molecule has 1 N–H and O–H groups in total. The van der Waals surface area contributed by atoms with Crippen LogP contribution in [0.25, 0.3) is 49.9 Å².